The third kappa shape index (κ3) is 5.93. The maximum absolute atomic E-state index is 12.4. The number of carbonyl (C=O) groups excluding carboxylic acids is 2. The van der Waals surface area contributed by atoms with Gasteiger partial charge < -0.3 is 10.6 Å². The standard InChI is InChI=1S/C17H17Cl2N3O4S/c1-10(22-27(25,26)16-9-12(18)3-8-15(16)19)17(24)21-14-6-4-13(5-7-14)20-11(2)23/h3-10,22H,1-2H3,(H,20,23)(H,21,24). The zero-order chi connectivity index (χ0) is 20.2. The lowest BCUT2D eigenvalue weighted by molar-refractivity contribution is -0.117. The van der Waals surface area contributed by atoms with Crippen molar-refractivity contribution in [3.05, 3.63) is 52.5 Å². The second kappa shape index (κ2) is 8.71. The Labute approximate surface area is 167 Å². The van der Waals surface area contributed by atoms with Gasteiger partial charge in [0.25, 0.3) is 0 Å². The number of benzene rings is 2. The van der Waals surface area contributed by atoms with Gasteiger partial charge in [-0.2, -0.15) is 4.72 Å². The van der Waals surface area contributed by atoms with Crippen molar-refractivity contribution in [2.75, 3.05) is 10.6 Å². The quantitative estimate of drug-likeness (QED) is 0.654. The first kappa shape index (κ1) is 21.2. The summed E-state index contributed by atoms with van der Waals surface area (Å²) >= 11 is 11.7. The van der Waals surface area contributed by atoms with Crippen LogP contribution in [0.4, 0.5) is 11.4 Å². The Bertz CT molecular complexity index is 963. The van der Waals surface area contributed by atoms with Crippen molar-refractivity contribution in [1.82, 2.24) is 4.72 Å². The number of hydrogen-bond acceptors (Lipinski definition) is 4. The largest absolute Gasteiger partial charge is 0.326 e. The van der Waals surface area contributed by atoms with Crippen LogP contribution in [0.5, 0.6) is 0 Å². The van der Waals surface area contributed by atoms with Crippen LogP contribution in [0.3, 0.4) is 0 Å². The van der Waals surface area contributed by atoms with Crippen LogP contribution in [0, 0.1) is 0 Å². The molecular formula is C17H17Cl2N3O4S. The van der Waals surface area contributed by atoms with Crippen molar-refractivity contribution in [3.8, 4) is 0 Å². The SMILES string of the molecule is CC(=O)Nc1ccc(NC(=O)C(C)NS(=O)(=O)c2cc(Cl)ccc2Cl)cc1. The fourth-order valence-corrected chi connectivity index (χ4v) is 4.09. The average Bonchev–Trinajstić information content (AvgIpc) is 2.57. The first-order valence-electron chi connectivity index (χ1n) is 7.74. The Kier molecular flexibility index (Phi) is 6.83. The fourth-order valence-electron chi connectivity index (χ4n) is 2.12. The molecule has 2 rings (SSSR count). The minimum absolute atomic E-state index is 0.00642. The van der Waals surface area contributed by atoms with Crippen LogP contribution >= 0.6 is 23.2 Å². The van der Waals surface area contributed by atoms with Crippen LogP contribution in [0.15, 0.2) is 47.4 Å². The Balaban J connectivity index is 2.06. The van der Waals surface area contributed by atoms with E-state index >= 15 is 0 Å². The smallest absolute Gasteiger partial charge is 0.242 e. The van der Waals surface area contributed by atoms with Crippen LogP contribution in [-0.4, -0.2) is 26.3 Å². The molecule has 0 aliphatic rings. The molecule has 1 atom stereocenters. The number of carbonyl (C=O) groups is 2. The highest BCUT2D eigenvalue weighted by Crippen LogP contribution is 2.25. The van der Waals surface area contributed by atoms with E-state index in [0.717, 1.165) is 0 Å². The van der Waals surface area contributed by atoms with Crippen molar-refractivity contribution in [2.45, 2.75) is 24.8 Å². The van der Waals surface area contributed by atoms with E-state index in [1.807, 2.05) is 0 Å². The summed E-state index contributed by atoms with van der Waals surface area (Å²) in [5.41, 5.74) is 1.02. The van der Waals surface area contributed by atoms with Crippen molar-refractivity contribution < 1.29 is 18.0 Å². The molecule has 2 aromatic carbocycles. The first-order valence-corrected chi connectivity index (χ1v) is 9.98. The van der Waals surface area contributed by atoms with Crippen LogP contribution in [0.25, 0.3) is 0 Å². The van der Waals surface area contributed by atoms with Crippen molar-refractivity contribution in [2.24, 2.45) is 0 Å². The third-order valence-corrected chi connectivity index (χ3v) is 5.64. The lowest BCUT2D eigenvalue weighted by atomic mass is 10.2. The van der Waals surface area contributed by atoms with E-state index in [2.05, 4.69) is 15.4 Å². The van der Waals surface area contributed by atoms with E-state index in [4.69, 9.17) is 23.2 Å². The van der Waals surface area contributed by atoms with Gasteiger partial charge in [0.1, 0.15) is 4.90 Å². The maximum Gasteiger partial charge on any atom is 0.242 e. The summed E-state index contributed by atoms with van der Waals surface area (Å²) in [5.74, 6) is -0.779. The van der Waals surface area contributed by atoms with Gasteiger partial charge in [0.05, 0.1) is 11.1 Å². The van der Waals surface area contributed by atoms with E-state index < -0.39 is 22.0 Å². The second-order valence-corrected chi connectivity index (χ2v) is 8.19. The average molecular weight is 430 g/mol. The van der Waals surface area contributed by atoms with Gasteiger partial charge in [-0.15, -0.1) is 0 Å². The molecule has 3 N–H and O–H groups in total. The summed E-state index contributed by atoms with van der Waals surface area (Å²) in [6.07, 6.45) is 0. The van der Waals surface area contributed by atoms with Crippen molar-refractivity contribution in [1.29, 1.82) is 0 Å². The Morgan fingerprint density at radius 1 is 0.963 bits per heavy atom. The summed E-state index contributed by atoms with van der Waals surface area (Å²) in [4.78, 5) is 23.1. The second-order valence-electron chi connectivity index (χ2n) is 5.67. The molecule has 2 aromatic rings. The lowest BCUT2D eigenvalue weighted by Gasteiger charge is -2.15. The van der Waals surface area contributed by atoms with E-state index in [-0.39, 0.29) is 20.8 Å². The van der Waals surface area contributed by atoms with Gasteiger partial charge >= 0.3 is 0 Å². The molecule has 0 radical (unpaired) electrons. The highest BCUT2D eigenvalue weighted by Gasteiger charge is 2.24. The molecule has 0 saturated carbocycles. The minimum atomic E-state index is -4.04. The predicted molar refractivity (Wildman–Crippen MR) is 106 cm³/mol. The maximum atomic E-state index is 12.4. The van der Waals surface area contributed by atoms with Gasteiger partial charge in [0.2, 0.25) is 21.8 Å². The highest BCUT2D eigenvalue weighted by molar-refractivity contribution is 7.89. The number of nitrogens with one attached hydrogen (secondary N) is 3. The van der Waals surface area contributed by atoms with Gasteiger partial charge in [0.15, 0.2) is 0 Å². The Hall–Kier alpha value is -2.13. The minimum Gasteiger partial charge on any atom is -0.326 e. The summed E-state index contributed by atoms with van der Waals surface area (Å²) < 4.78 is 27.1. The lowest BCUT2D eigenvalue weighted by Crippen LogP contribution is -2.41. The van der Waals surface area contributed by atoms with Crippen LogP contribution < -0.4 is 15.4 Å². The molecule has 0 heterocycles. The van der Waals surface area contributed by atoms with E-state index in [1.54, 1.807) is 24.3 Å². The normalized spacial score (nSPS) is 12.3. The molecule has 144 valence electrons. The molecule has 27 heavy (non-hydrogen) atoms. The number of hydrogen-bond donors (Lipinski definition) is 3. The number of anilines is 2. The molecule has 7 nitrogen and oxygen atoms in total. The number of rotatable bonds is 6. The Morgan fingerprint density at radius 2 is 1.52 bits per heavy atom. The van der Waals surface area contributed by atoms with Gasteiger partial charge in [-0.3, -0.25) is 9.59 Å². The molecule has 2 amide bonds. The number of halogens is 2. The number of sulfonamides is 1. The van der Waals surface area contributed by atoms with Crippen LogP contribution in [-0.2, 0) is 19.6 Å². The summed E-state index contributed by atoms with van der Waals surface area (Å²) in [7, 11) is -4.04. The fraction of sp³-hybridized carbons (Fsp3) is 0.176. The number of amides is 2. The molecule has 0 saturated heterocycles. The zero-order valence-electron chi connectivity index (χ0n) is 14.4. The monoisotopic (exact) mass is 429 g/mol. The summed E-state index contributed by atoms with van der Waals surface area (Å²) in [6, 6.07) is 9.34. The molecule has 0 bridgehead atoms. The molecule has 0 spiro atoms. The zero-order valence-corrected chi connectivity index (χ0v) is 16.7. The Morgan fingerprint density at radius 3 is 2.07 bits per heavy atom. The highest BCUT2D eigenvalue weighted by atomic mass is 35.5. The molecule has 10 heteroatoms. The van der Waals surface area contributed by atoms with Gasteiger partial charge in [-0.05, 0) is 49.4 Å². The molecule has 1 unspecified atom stereocenters. The summed E-state index contributed by atoms with van der Waals surface area (Å²) in [6.45, 7) is 2.78. The van der Waals surface area contributed by atoms with Crippen molar-refractivity contribution in [3.63, 3.8) is 0 Å². The molecule has 0 aliphatic carbocycles. The molecule has 0 fully saturated rings. The molecule has 0 aliphatic heterocycles. The van der Waals surface area contributed by atoms with Crippen LogP contribution in [0.2, 0.25) is 10.0 Å². The van der Waals surface area contributed by atoms with Crippen LogP contribution in [0.1, 0.15) is 13.8 Å². The van der Waals surface area contributed by atoms with Crippen molar-refractivity contribution >= 4 is 56.4 Å². The van der Waals surface area contributed by atoms with E-state index in [0.29, 0.717) is 11.4 Å². The van der Waals surface area contributed by atoms with E-state index in [1.165, 1.54) is 32.0 Å². The van der Waals surface area contributed by atoms with Gasteiger partial charge in [-0.25, -0.2) is 8.42 Å². The first-order chi connectivity index (χ1) is 12.6. The topological polar surface area (TPSA) is 104 Å². The predicted octanol–water partition coefficient (Wildman–Crippen LogP) is 3.26. The molecule has 0 aromatic heterocycles. The summed E-state index contributed by atoms with van der Waals surface area (Å²) in [5, 5.41) is 5.38. The van der Waals surface area contributed by atoms with E-state index in [9.17, 15) is 18.0 Å². The van der Waals surface area contributed by atoms with Gasteiger partial charge in [-0.1, -0.05) is 23.2 Å². The van der Waals surface area contributed by atoms with Gasteiger partial charge in [0, 0.05) is 23.3 Å². The molecular weight excluding hydrogens is 413 g/mol. The third-order valence-electron chi connectivity index (χ3n) is 3.38.